The maximum Gasteiger partial charge on any atom is 0.305 e. The molecule has 0 saturated heterocycles. The third-order valence-corrected chi connectivity index (χ3v) is 9.38. The second-order valence-corrected chi connectivity index (χ2v) is 14.0. The van der Waals surface area contributed by atoms with E-state index in [1.165, 1.54) is 154 Å². The van der Waals surface area contributed by atoms with Crippen LogP contribution in [0.5, 0.6) is 0 Å². The molecule has 5 heteroatoms. The Labute approximate surface area is 280 Å². The van der Waals surface area contributed by atoms with Gasteiger partial charge in [-0.25, -0.2) is 0 Å². The van der Waals surface area contributed by atoms with E-state index in [4.69, 9.17) is 9.47 Å². The van der Waals surface area contributed by atoms with Crippen LogP contribution in [0, 0.1) is 5.92 Å². The van der Waals surface area contributed by atoms with E-state index < -0.39 is 6.10 Å². The molecule has 0 fully saturated rings. The number of carbonyl (C=O) groups excluding carboxylic acids is 2. The van der Waals surface area contributed by atoms with Crippen molar-refractivity contribution in [3.05, 3.63) is 0 Å². The Hall–Kier alpha value is -1.10. The third kappa shape index (κ3) is 35.6. The van der Waals surface area contributed by atoms with Crippen molar-refractivity contribution in [2.24, 2.45) is 5.92 Å². The van der Waals surface area contributed by atoms with Crippen LogP contribution in [0.25, 0.3) is 0 Å². The summed E-state index contributed by atoms with van der Waals surface area (Å²) in [6.07, 6.45) is 37.3. The number of aliphatic hydroxyl groups excluding tert-OH is 1. The molecule has 45 heavy (non-hydrogen) atoms. The van der Waals surface area contributed by atoms with Gasteiger partial charge in [-0.3, -0.25) is 9.59 Å². The van der Waals surface area contributed by atoms with E-state index in [0.717, 1.165) is 38.0 Å². The number of hydrogen-bond acceptors (Lipinski definition) is 5. The quantitative estimate of drug-likeness (QED) is 0.0546. The summed E-state index contributed by atoms with van der Waals surface area (Å²) in [7, 11) is 0. The molecule has 0 bridgehead atoms. The lowest BCUT2D eigenvalue weighted by Crippen LogP contribution is -2.25. The molecule has 0 rings (SSSR count). The molecule has 0 aliphatic rings. The number of esters is 2. The Bertz CT molecular complexity index is 622. The van der Waals surface area contributed by atoms with Crippen LogP contribution in [0.15, 0.2) is 0 Å². The van der Waals surface area contributed by atoms with Gasteiger partial charge in [0.05, 0.1) is 0 Å². The van der Waals surface area contributed by atoms with Gasteiger partial charge >= 0.3 is 11.9 Å². The fourth-order valence-corrected chi connectivity index (χ4v) is 5.95. The number of carbonyl (C=O) groups is 2. The minimum absolute atomic E-state index is 0.108. The van der Waals surface area contributed by atoms with Crippen molar-refractivity contribution in [2.75, 3.05) is 13.2 Å². The third-order valence-electron chi connectivity index (χ3n) is 9.38. The molecule has 0 amide bonds. The van der Waals surface area contributed by atoms with Gasteiger partial charge in [0.1, 0.15) is 19.3 Å². The highest BCUT2D eigenvalue weighted by molar-refractivity contribution is 5.69. The standard InChI is InChI=1S/C40H78O5/c1-4-6-7-8-9-20-24-27-30-33-39(42)44-35-38(41)36-45-40(43)34-31-28-25-22-19-17-15-13-11-10-12-14-16-18-21-23-26-29-32-37(3)5-2/h37-38,41H,4-36H2,1-3H3/t37?,38-/m1/s1. The molecule has 0 saturated carbocycles. The molecule has 1 unspecified atom stereocenters. The van der Waals surface area contributed by atoms with Crippen molar-refractivity contribution in [1.29, 1.82) is 0 Å². The predicted octanol–water partition coefficient (Wildman–Crippen LogP) is 12.2. The first-order valence-corrected chi connectivity index (χ1v) is 20.0. The predicted molar refractivity (Wildman–Crippen MR) is 192 cm³/mol. The zero-order valence-corrected chi connectivity index (χ0v) is 30.6. The summed E-state index contributed by atoms with van der Waals surface area (Å²) < 4.78 is 10.3. The molecule has 0 aromatic heterocycles. The van der Waals surface area contributed by atoms with Crippen molar-refractivity contribution in [3.8, 4) is 0 Å². The maximum atomic E-state index is 12.0. The van der Waals surface area contributed by atoms with Crippen LogP contribution in [0.2, 0.25) is 0 Å². The first kappa shape index (κ1) is 43.9. The lowest BCUT2D eigenvalue weighted by Gasteiger charge is -2.12. The molecule has 0 aliphatic heterocycles. The lowest BCUT2D eigenvalue weighted by molar-refractivity contribution is -0.152. The normalized spacial score (nSPS) is 12.7. The van der Waals surface area contributed by atoms with Crippen LogP contribution in [0.3, 0.4) is 0 Å². The number of rotatable bonds is 36. The highest BCUT2D eigenvalue weighted by Gasteiger charge is 2.12. The average Bonchev–Trinajstić information content (AvgIpc) is 3.04. The number of ether oxygens (including phenoxy) is 2. The SMILES string of the molecule is CCCCCCCCCCCC(=O)OC[C@@H](O)COC(=O)CCCCCCCCCCCCCCCCCCCCC(C)CC. The maximum absolute atomic E-state index is 12.0. The van der Waals surface area contributed by atoms with E-state index in [0.29, 0.717) is 12.8 Å². The summed E-state index contributed by atoms with van der Waals surface area (Å²) in [5.41, 5.74) is 0. The van der Waals surface area contributed by atoms with Gasteiger partial charge in [-0.2, -0.15) is 0 Å². The minimum atomic E-state index is -0.954. The summed E-state index contributed by atoms with van der Waals surface area (Å²) in [6.45, 7) is 6.70. The van der Waals surface area contributed by atoms with Gasteiger partial charge in [0.25, 0.3) is 0 Å². The Morgan fingerprint density at radius 3 is 1.07 bits per heavy atom. The fourth-order valence-electron chi connectivity index (χ4n) is 5.95. The van der Waals surface area contributed by atoms with E-state index in [2.05, 4.69) is 20.8 Å². The van der Waals surface area contributed by atoms with Crippen molar-refractivity contribution in [2.45, 2.75) is 226 Å². The summed E-state index contributed by atoms with van der Waals surface area (Å²) in [6, 6.07) is 0. The number of aliphatic hydroxyl groups is 1. The molecule has 0 heterocycles. The van der Waals surface area contributed by atoms with Crippen LogP contribution in [0.1, 0.15) is 220 Å². The topological polar surface area (TPSA) is 72.8 Å². The number of hydrogen-bond donors (Lipinski definition) is 1. The van der Waals surface area contributed by atoms with E-state index >= 15 is 0 Å². The molecule has 0 aliphatic carbocycles. The van der Waals surface area contributed by atoms with Crippen molar-refractivity contribution >= 4 is 11.9 Å². The van der Waals surface area contributed by atoms with Crippen molar-refractivity contribution in [3.63, 3.8) is 0 Å². The Kier molecular flexibility index (Phi) is 34.9. The average molecular weight is 639 g/mol. The first-order valence-electron chi connectivity index (χ1n) is 20.0. The highest BCUT2D eigenvalue weighted by Crippen LogP contribution is 2.17. The van der Waals surface area contributed by atoms with Gasteiger partial charge in [0.15, 0.2) is 0 Å². The van der Waals surface area contributed by atoms with Crippen LogP contribution in [-0.4, -0.2) is 36.4 Å². The van der Waals surface area contributed by atoms with E-state index in [-0.39, 0.29) is 25.2 Å². The smallest absolute Gasteiger partial charge is 0.305 e. The fraction of sp³-hybridized carbons (Fsp3) is 0.950. The van der Waals surface area contributed by atoms with Gasteiger partial charge in [-0.15, -0.1) is 0 Å². The molecule has 0 aromatic carbocycles. The lowest BCUT2D eigenvalue weighted by atomic mass is 9.99. The second-order valence-electron chi connectivity index (χ2n) is 14.0. The molecule has 268 valence electrons. The molecule has 0 aromatic rings. The number of unbranched alkanes of at least 4 members (excludes halogenated alkanes) is 25. The van der Waals surface area contributed by atoms with Crippen LogP contribution in [-0.2, 0) is 19.1 Å². The van der Waals surface area contributed by atoms with E-state index in [9.17, 15) is 14.7 Å². The monoisotopic (exact) mass is 639 g/mol. The molecular weight excluding hydrogens is 560 g/mol. The molecule has 0 spiro atoms. The first-order chi connectivity index (χ1) is 22.0. The Morgan fingerprint density at radius 1 is 0.467 bits per heavy atom. The van der Waals surface area contributed by atoms with Crippen LogP contribution < -0.4 is 0 Å². The zero-order valence-electron chi connectivity index (χ0n) is 30.6. The van der Waals surface area contributed by atoms with Crippen LogP contribution >= 0.6 is 0 Å². The molecule has 1 N–H and O–H groups in total. The highest BCUT2D eigenvalue weighted by atomic mass is 16.6. The van der Waals surface area contributed by atoms with Gasteiger partial charge < -0.3 is 14.6 Å². The van der Waals surface area contributed by atoms with Gasteiger partial charge in [-0.1, -0.05) is 194 Å². The summed E-state index contributed by atoms with van der Waals surface area (Å²) >= 11 is 0. The summed E-state index contributed by atoms with van der Waals surface area (Å²) in [5, 5.41) is 9.97. The van der Waals surface area contributed by atoms with Crippen molar-refractivity contribution in [1.82, 2.24) is 0 Å². The zero-order chi connectivity index (χ0) is 33.1. The van der Waals surface area contributed by atoms with Gasteiger partial charge in [0.2, 0.25) is 0 Å². The molecule has 5 nitrogen and oxygen atoms in total. The minimum Gasteiger partial charge on any atom is -0.463 e. The van der Waals surface area contributed by atoms with Crippen LogP contribution in [0.4, 0.5) is 0 Å². The van der Waals surface area contributed by atoms with E-state index in [1.54, 1.807) is 0 Å². The largest absolute Gasteiger partial charge is 0.463 e. The van der Waals surface area contributed by atoms with Gasteiger partial charge in [-0.05, 0) is 18.8 Å². The summed E-state index contributed by atoms with van der Waals surface area (Å²) in [5.74, 6) is 0.361. The van der Waals surface area contributed by atoms with Crippen molar-refractivity contribution < 1.29 is 24.2 Å². The van der Waals surface area contributed by atoms with E-state index in [1.807, 2.05) is 0 Å². The Balaban J connectivity index is 3.34. The molecule has 2 atom stereocenters. The molecular formula is C40H78O5. The Morgan fingerprint density at radius 2 is 0.756 bits per heavy atom. The molecule has 0 radical (unpaired) electrons. The second kappa shape index (κ2) is 35.7. The summed E-state index contributed by atoms with van der Waals surface area (Å²) in [4.78, 5) is 23.8. The van der Waals surface area contributed by atoms with Gasteiger partial charge in [0, 0.05) is 12.8 Å².